The van der Waals surface area contributed by atoms with Crippen molar-refractivity contribution in [2.24, 2.45) is 17.4 Å². The van der Waals surface area contributed by atoms with Crippen molar-refractivity contribution >= 4 is 11.8 Å². The number of primary amides is 2. The predicted octanol–water partition coefficient (Wildman–Crippen LogP) is 2.49. The van der Waals surface area contributed by atoms with Crippen molar-refractivity contribution in [3.8, 4) is 0 Å². The summed E-state index contributed by atoms with van der Waals surface area (Å²) >= 11 is 0. The summed E-state index contributed by atoms with van der Waals surface area (Å²) < 4.78 is 0. The van der Waals surface area contributed by atoms with E-state index in [1.165, 1.54) is 38.5 Å². The Bertz CT molecular complexity index is 228. The summed E-state index contributed by atoms with van der Waals surface area (Å²) in [5.41, 5.74) is 10.2. The highest BCUT2D eigenvalue weighted by Gasteiger charge is 2.20. The van der Waals surface area contributed by atoms with E-state index >= 15 is 0 Å². The summed E-state index contributed by atoms with van der Waals surface area (Å²) in [5.74, 6) is -1.97. The molecule has 0 aliphatic rings. The zero-order chi connectivity index (χ0) is 13.8. The van der Waals surface area contributed by atoms with E-state index in [4.69, 9.17) is 11.5 Å². The van der Waals surface area contributed by atoms with Crippen LogP contribution in [0.1, 0.15) is 71.1 Å². The van der Waals surface area contributed by atoms with Gasteiger partial charge in [0.15, 0.2) is 0 Å². The van der Waals surface area contributed by atoms with Crippen LogP contribution in [0.15, 0.2) is 0 Å². The van der Waals surface area contributed by atoms with Gasteiger partial charge in [0, 0.05) is 0 Å². The van der Waals surface area contributed by atoms with Gasteiger partial charge in [-0.25, -0.2) is 0 Å². The molecule has 0 bridgehead atoms. The molecule has 0 saturated heterocycles. The van der Waals surface area contributed by atoms with Crippen LogP contribution in [0, 0.1) is 5.92 Å². The Morgan fingerprint density at radius 3 is 1.56 bits per heavy atom. The summed E-state index contributed by atoms with van der Waals surface area (Å²) in [6.07, 6.45) is 11.4. The van der Waals surface area contributed by atoms with Crippen LogP contribution < -0.4 is 11.5 Å². The summed E-state index contributed by atoms with van der Waals surface area (Å²) in [7, 11) is 0. The number of carbonyl (C=O) groups excluding carboxylic acids is 2. The molecule has 0 rings (SSSR count). The van der Waals surface area contributed by atoms with Crippen LogP contribution >= 0.6 is 0 Å². The van der Waals surface area contributed by atoms with Gasteiger partial charge in [-0.05, 0) is 6.42 Å². The molecule has 18 heavy (non-hydrogen) atoms. The van der Waals surface area contributed by atoms with Gasteiger partial charge in [-0.2, -0.15) is 0 Å². The van der Waals surface area contributed by atoms with Gasteiger partial charge in [-0.15, -0.1) is 0 Å². The van der Waals surface area contributed by atoms with Crippen molar-refractivity contribution in [3.05, 3.63) is 0 Å². The Balaban J connectivity index is 3.39. The van der Waals surface area contributed by atoms with E-state index in [0.29, 0.717) is 6.42 Å². The molecule has 4 nitrogen and oxygen atoms in total. The number of unbranched alkanes of at least 4 members (excludes halogenated alkanes) is 8. The third-order valence-electron chi connectivity index (χ3n) is 3.28. The molecule has 0 unspecified atom stereocenters. The molecule has 0 aliphatic heterocycles. The summed E-state index contributed by atoms with van der Waals surface area (Å²) in [6, 6.07) is 0. The van der Waals surface area contributed by atoms with E-state index in [2.05, 4.69) is 6.92 Å². The van der Waals surface area contributed by atoms with Crippen molar-refractivity contribution in [3.63, 3.8) is 0 Å². The van der Waals surface area contributed by atoms with Crippen molar-refractivity contribution < 1.29 is 9.59 Å². The molecule has 0 aromatic rings. The topological polar surface area (TPSA) is 86.2 Å². The molecular formula is C14H28N2O2. The maximum Gasteiger partial charge on any atom is 0.229 e. The van der Waals surface area contributed by atoms with E-state index in [9.17, 15) is 9.59 Å². The number of rotatable bonds is 12. The average molecular weight is 256 g/mol. The first-order chi connectivity index (χ1) is 8.59. The largest absolute Gasteiger partial charge is 0.369 e. The lowest BCUT2D eigenvalue weighted by Gasteiger charge is -2.08. The lowest BCUT2D eigenvalue weighted by atomic mass is 9.99. The molecule has 0 aliphatic carbocycles. The fraction of sp³-hybridized carbons (Fsp3) is 0.857. The molecule has 0 radical (unpaired) electrons. The van der Waals surface area contributed by atoms with Gasteiger partial charge in [-0.1, -0.05) is 64.7 Å². The number of carbonyl (C=O) groups is 2. The van der Waals surface area contributed by atoms with Gasteiger partial charge in [0.25, 0.3) is 0 Å². The number of amides is 2. The van der Waals surface area contributed by atoms with E-state index in [0.717, 1.165) is 19.3 Å². The minimum atomic E-state index is -0.783. The Morgan fingerprint density at radius 2 is 1.17 bits per heavy atom. The van der Waals surface area contributed by atoms with Gasteiger partial charge in [-0.3, -0.25) is 9.59 Å². The minimum Gasteiger partial charge on any atom is -0.369 e. The molecule has 0 heterocycles. The molecule has 0 saturated carbocycles. The highest BCUT2D eigenvalue weighted by molar-refractivity contribution is 5.98. The highest BCUT2D eigenvalue weighted by atomic mass is 16.2. The molecular weight excluding hydrogens is 228 g/mol. The van der Waals surface area contributed by atoms with Crippen molar-refractivity contribution in [2.75, 3.05) is 0 Å². The molecule has 0 aromatic heterocycles. The lowest BCUT2D eigenvalue weighted by Crippen LogP contribution is -2.34. The fourth-order valence-electron chi connectivity index (χ4n) is 2.08. The summed E-state index contributed by atoms with van der Waals surface area (Å²) in [5, 5.41) is 0. The predicted molar refractivity (Wildman–Crippen MR) is 73.7 cm³/mol. The van der Waals surface area contributed by atoms with Crippen molar-refractivity contribution in [1.29, 1.82) is 0 Å². The van der Waals surface area contributed by atoms with Gasteiger partial charge >= 0.3 is 0 Å². The Labute approximate surface area is 110 Å². The first-order valence-electron chi connectivity index (χ1n) is 7.18. The second-order valence-corrected chi connectivity index (χ2v) is 4.97. The van der Waals surface area contributed by atoms with Gasteiger partial charge in [0.05, 0.1) is 0 Å². The smallest absolute Gasteiger partial charge is 0.229 e. The first-order valence-corrected chi connectivity index (χ1v) is 7.18. The third kappa shape index (κ3) is 9.02. The number of hydrogen-bond donors (Lipinski definition) is 2. The van der Waals surface area contributed by atoms with Crippen LogP contribution in [-0.4, -0.2) is 11.8 Å². The lowest BCUT2D eigenvalue weighted by molar-refractivity contribution is -0.131. The molecule has 4 N–H and O–H groups in total. The third-order valence-corrected chi connectivity index (χ3v) is 3.28. The maximum absolute atomic E-state index is 10.9. The van der Waals surface area contributed by atoms with Crippen LogP contribution in [0.5, 0.6) is 0 Å². The van der Waals surface area contributed by atoms with E-state index in [-0.39, 0.29) is 0 Å². The Kier molecular flexibility index (Phi) is 10.4. The SMILES string of the molecule is CCCCCCCCCCCC(C(N)=O)C(N)=O. The van der Waals surface area contributed by atoms with Gasteiger partial charge in [0.2, 0.25) is 11.8 Å². The van der Waals surface area contributed by atoms with Crippen molar-refractivity contribution in [1.82, 2.24) is 0 Å². The van der Waals surface area contributed by atoms with Crippen LogP contribution in [0.2, 0.25) is 0 Å². The zero-order valence-corrected chi connectivity index (χ0v) is 11.6. The van der Waals surface area contributed by atoms with Gasteiger partial charge in [0.1, 0.15) is 5.92 Å². The molecule has 0 spiro atoms. The number of hydrogen-bond acceptors (Lipinski definition) is 2. The summed E-state index contributed by atoms with van der Waals surface area (Å²) in [4.78, 5) is 21.9. The van der Waals surface area contributed by atoms with Gasteiger partial charge < -0.3 is 11.5 Å². The Morgan fingerprint density at radius 1 is 0.778 bits per heavy atom. The monoisotopic (exact) mass is 256 g/mol. The van der Waals surface area contributed by atoms with Crippen LogP contribution in [0.4, 0.5) is 0 Å². The Hall–Kier alpha value is -1.06. The van der Waals surface area contributed by atoms with E-state index < -0.39 is 17.7 Å². The molecule has 0 fully saturated rings. The zero-order valence-electron chi connectivity index (χ0n) is 11.6. The van der Waals surface area contributed by atoms with Crippen LogP contribution in [0.3, 0.4) is 0 Å². The van der Waals surface area contributed by atoms with E-state index in [1.54, 1.807) is 0 Å². The molecule has 4 heteroatoms. The number of nitrogens with two attached hydrogens (primary N) is 2. The van der Waals surface area contributed by atoms with Crippen molar-refractivity contribution in [2.45, 2.75) is 71.1 Å². The molecule has 2 amide bonds. The van der Waals surface area contributed by atoms with Crippen LogP contribution in [0.25, 0.3) is 0 Å². The minimum absolute atomic E-state index is 0.500. The fourth-order valence-corrected chi connectivity index (χ4v) is 2.08. The molecule has 0 aromatic carbocycles. The molecule has 106 valence electrons. The average Bonchev–Trinajstić information content (AvgIpc) is 2.30. The standard InChI is InChI=1S/C14H28N2O2/c1-2-3-4-5-6-7-8-9-10-11-12(13(15)17)14(16)18/h12H,2-11H2,1H3,(H2,15,17)(H2,16,18). The van der Waals surface area contributed by atoms with Crippen LogP contribution in [-0.2, 0) is 9.59 Å². The molecule has 0 atom stereocenters. The normalized spacial score (nSPS) is 10.8. The second kappa shape index (κ2) is 11.1. The highest BCUT2D eigenvalue weighted by Crippen LogP contribution is 2.13. The maximum atomic E-state index is 10.9. The second-order valence-electron chi connectivity index (χ2n) is 4.97. The quantitative estimate of drug-likeness (QED) is 0.415. The first kappa shape index (κ1) is 16.9. The summed E-state index contributed by atoms with van der Waals surface area (Å²) in [6.45, 7) is 2.22. The van der Waals surface area contributed by atoms with E-state index in [1.807, 2.05) is 0 Å².